The van der Waals surface area contributed by atoms with E-state index in [-0.39, 0.29) is 16.1 Å². The maximum absolute atomic E-state index is 12.0. The summed E-state index contributed by atoms with van der Waals surface area (Å²) in [5.41, 5.74) is 4.44. The van der Waals surface area contributed by atoms with Gasteiger partial charge in [0.05, 0.1) is 5.56 Å². The van der Waals surface area contributed by atoms with Crippen LogP contribution in [0, 0.1) is 0 Å². The molecule has 0 radical (unpaired) electrons. The lowest BCUT2D eigenvalue weighted by Crippen LogP contribution is -2.10. The van der Waals surface area contributed by atoms with E-state index in [0.29, 0.717) is 10.1 Å². The normalized spacial score (nSPS) is 11.1. The molecule has 0 fully saturated rings. The molecule has 0 unspecified atom stereocenters. The third-order valence-corrected chi connectivity index (χ3v) is 3.12. The van der Waals surface area contributed by atoms with Crippen molar-refractivity contribution in [3.05, 3.63) is 40.1 Å². The van der Waals surface area contributed by atoms with Gasteiger partial charge in [-0.05, 0) is 12.1 Å². The average Bonchev–Trinajstić information content (AvgIpc) is 2.28. The van der Waals surface area contributed by atoms with Crippen molar-refractivity contribution < 1.29 is 9.90 Å². The molecule has 1 aromatic carbocycles. The Morgan fingerprint density at radius 1 is 1.41 bits per heavy atom. The van der Waals surface area contributed by atoms with E-state index in [1.807, 2.05) is 0 Å². The fourth-order valence-electron chi connectivity index (χ4n) is 1.39. The second-order valence-corrected chi connectivity index (χ2v) is 4.27. The molecule has 0 aliphatic heterocycles. The van der Waals surface area contributed by atoms with E-state index < -0.39 is 6.03 Å². The summed E-state index contributed by atoms with van der Waals surface area (Å²) in [6.07, 6.45) is 0.989. The molecule has 2 aromatic rings. The van der Waals surface area contributed by atoms with Gasteiger partial charge < -0.3 is 10.8 Å². The van der Waals surface area contributed by atoms with Crippen molar-refractivity contribution in [2.24, 2.45) is 10.7 Å². The number of carbonyl (C=O) groups excluding carboxylic acids is 1. The smallest absolute Gasteiger partial charge is 0.338 e. The summed E-state index contributed by atoms with van der Waals surface area (Å²) in [5, 5.41) is 9.97. The minimum absolute atomic E-state index is 0.0208. The van der Waals surface area contributed by atoms with Crippen LogP contribution >= 0.6 is 11.3 Å². The molecule has 5 nitrogen and oxygen atoms in total. The van der Waals surface area contributed by atoms with E-state index in [0.717, 1.165) is 17.6 Å². The first kappa shape index (κ1) is 11.3. The lowest BCUT2D eigenvalue weighted by molar-refractivity contribution is 0.257. The molecule has 2 rings (SSSR count). The molecule has 0 saturated carbocycles. The molecular weight excluding hydrogens is 240 g/mol. The third-order valence-electron chi connectivity index (χ3n) is 2.13. The molecule has 17 heavy (non-hydrogen) atoms. The monoisotopic (exact) mass is 248 g/mol. The number of benzene rings is 1. The Kier molecular flexibility index (Phi) is 2.88. The van der Waals surface area contributed by atoms with Gasteiger partial charge in [0, 0.05) is 16.3 Å². The molecule has 3 N–H and O–H groups in total. The molecule has 2 amide bonds. The summed E-state index contributed by atoms with van der Waals surface area (Å²) in [6, 6.07) is 5.96. The van der Waals surface area contributed by atoms with Crippen LogP contribution in [0.25, 0.3) is 10.1 Å². The van der Waals surface area contributed by atoms with E-state index in [1.165, 1.54) is 0 Å². The van der Waals surface area contributed by atoms with Crippen LogP contribution in [0.2, 0.25) is 0 Å². The Balaban J connectivity index is 2.72. The Morgan fingerprint density at radius 2 is 2.12 bits per heavy atom. The van der Waals surface area contributed by atoms with Crippen molar-refractivity contribution in [3.8, 4) is 5.06 Å². The number of nitrogens with zero attached hydrogens (tertiary/aromatic N) is 1. The second kappa shape index (κ2) is 4.34. The van der Waals surface area contributed by atoms with Gasteiger partial charge in [-0.1, -0.05) is 23.5 Å². The van der Waals surface area contributed by atoms with Crippen molar-refractivity contribution in [1.82, 2.24) is 0 Å². The van der Waals surface area contributed by atoms with Crippen molar-refractivity contribution in [2.45, 2.75) is 0 Å². The van der Waals surface area contributed by atoms with Crippen molar-refractivity contribution in [1.29, 1.82) is 0 Å². The maximum atomic E-state index is 12.0. The Hall–Kier alpha value is -2.21. The standard InChI is InChI=1S/C11H8N2O3S/c12-11(16)13-5-7-9(14)6-3-1-2-4-8(6)17-10(7)15/h1-5,15H,(H2,12,16)/b13-5+. The molecule has 0 aliphatic carbocycles. The highest BCUT2D eigenvalue weighted by molar-refractivity contribution is 7.20. The number of amides is 2. The van der Waals surface area contributed by atoms with Crippen LogP contribution in [0.1, 0.15) is 5.56 Å². The first-order valence-electron chi connectivity index (χ1n) is 4.68. The van der Waals surface area contributed by atoms with Crippen molar-refractivity contribution in [2.75, 3.05) is 0 Å². The molecule has 0 aliphatic rings. The van der Waals surface area contributed by atoms with Crippen molar-refractivity contribution in [3.63, 3.8) is 0 Å². The molecule has 0 spiro atoms. The van der Waals surface area contributed by atoms with Crippen molar-refractivity contribution >= 4 is 33.7 Å². The summed E-state index contributed by atoms with van der Waals surface area (Å²) in [7, 11) is 0. The maximum Gasteiger partial charge on any atom is 0.338 e. The van der Waals surface area contributed by atoms with Gasteiger partial charge in [0.15, 0.2) is 5.06 Å². The zero-order chi connectivity index (χ0) is 12.4. The number of urea groups is 1. The van der Waals surface area contributed by atoms with Gasteiger partial charge >= 0.3 is 6.03 Å². The van der Waals surface area contributed by atoms with Crippen LogP contribution in [0.3, 0.4) is 0 Å². The minimum Gasteiger partial charge on any atom is -0.499 e. The van der Waals surface area contributed by atoms with E-state index in [9.17, 15) is 14.7 Å². The predicted molar refractivity (Wildman–Crippen MR) is 66.9 cm³/mol. The molecule has 1 aromatic heterocycles. The van der Waals surface area contributed by atoms with E-state index in [1.54, 1.807) is 24.3 Å². The van der Waals surface area contributed by atoms with Gasteiger partial charge in [-0.2, -0.15) is 0 Å². The van der Waals surface area contributed by atoms with Gasteiger partial charge in [-0.25, -0.2) is 9.79 Å². The highest BCUT2D eigenvalue weighted by Gasteiger charge is 2.09. The molecule has 0 atom stereocenters. The van der Waals surface area contributed by atoms with Crippen LogP contribution in [0.5, 0.6) is 5.06 Å². The first-order chi connectivity index (χ1) is 8.09. The van der Waals surface area contributed by atoms with Gasteiger partial charge in [-0.3, -0.25) is 4.79 Å². The second-order valence-electron chi connectivity index (χ2n) is 3.24. The summed E-state index contributed by atoms with van der Waals surface area (Å²) < 4.78 is 0.672. The number of hydrogen-bond donors (Lipinski definition) is 2. The zero-order valence-electron chi connectivity index (χ0n) is 8.58. The Bertz CT molecular complexity index is 676. The number of fused-ring (bicyclic) bond motifs is 1. The fraction of sp³-hybridized carbons (Fsp3) is 0. The SMILES string of the molecule is NC(=O)/N=C/c1c(O)sc2ccccc2c1=O. The summed E-state index contributed by atoms with van der Waals surface area (Å²) in [6.45, 7) is 0. The fourth-order valence-corrected chi connectivity index (χ4v) is 2.27. The quantitative estimate of drug-likeness (QED) is 0.748. The number of nitrogens with two attached hydrogens (primary N) is 1. The molecular formula is C11H8N2O3S. The van der Waals surface area contributed by atoms with Gasteiger partial charge in [0.25, 0.3) is 0 Å². The van der Waals surface area contributed by atoms with Crippen LogP contribution in [0.15, 0.2) is 34.1 Å². The Morgan fingerprint density at radius 3 is 2.82 bits per heavy atom. The van der Waals surface area contributed by atoms with Crippen LogP contribution < -0.4 is 11.2 Å². The topological polar surface area (TPSA) is 92.8 Å². The number of rotatable bonds is 1. The molecule has 0 saturated heterocycles. The number of aliphatic imine (C=N–C) groups is 1. The number of aromatic hydroxyl groups is 1. The average molecular weight is 248 g/mol. The number of carbonyl (C=O) groups is 1. The lowest BCUT2D eigenvalue weighted by atomic mass is 10.2. The number of hydrogen-bond acceptors (Lipinski definition) is 4. The highest BCUT2D eigenvalue weighted by Crippen LogP contribution is 2.26. The van der Waals surface area contributed by atoms with Gasteiger partial charge in [-0.15, -0.1) is 0 Å². The molecule has 1 heterocycles. The van der Waals surface area contributed by atoms with E-state index in [4.69, 9.17) is 5.73 Å². The van der Waals surface area contributed by atoms with Gasteiger partial charge in [0.2, 0.25) is 5.43 Å². The zero-order valence-corrected chi connectivity index (χ0v) is 9.40. The van der Waals surface area contributed by atoms with E-state index >= 15 is 0 Å². The lowest BCUT2D eigenvalue weighted by Gasteiger charge is -2.00. The number of primary amides is 1. The molecule has 6 heteroatoms. The minimum atomic E-state index is -0.915. The van der Waals surface area contributed by atoms with Crippen LogP contribution in [-0.4, -0.2) is 17.4 Å². The molecule has 0 bridgehead atoms. The Labute approximate surface area is 99.8 Å². The van der Waals surface area contributed by atoms with E-state index in [2.05, 4.69) is 4.99 Å². The summed E-state index contributed by atoms with van der Waals surface area (Å²) >= 11 is 1.05. The van der Waals surface area contributed by atoms with Crippen LogP contribution in [0.4, 0.5) is 4.79 Å². The highest BCUT2D eigenvalue weighted by atomic mass is 32.1. The first-order valence-corrected chi connectivity index (χ1v) is 5.49. The summed E-state index contributed by atoms with van der Waals surface area (Å²) in [5.74, 6) is 0. The van der Waals surface area contributed by atoms with Gasteiger partial charge in [0.1, 0.15) is 0 Å². The molecule has 86 valence electrons. The van der Waals surface area contributed by atoms with Crippen LogP contribution in [-0.2, 0) is 0 Å². The summed E-state index contributed by atoms with van der Waals surface area (Å²) in [4.78, 5) is 25.8. The third kappa shape index (κ3) is 2.16. The predicted octanol–water partition coefficient (Wildman–Crippen LogP) is 1.46. The largest absolute Gasteiger partial charge is 0.499 e.